The molecule has 0 aliphatic heterocycles. The fourth-order valence-electron chi connectivity index (χ4n) is 1.86. The van der Waals surface area contributed by atoms with Gasteiger partial charge in [0.2, 0.25) is 0 Å². The van der Waals surface area contributed by atoms with Gasteiger partial charge in [-0.05, 0) is 37.6 Å². The SMILES string of the molecule is COc1cc(C)c2nc(N)c(C(C)=N)cc2c1. The number of aryl methyl sites for hydroxylation is 1. The number of nitrogen functional groups attached to an aromatic ring is 1. The fraction of sp³-hybridized carbons (Fsp3) is 0.231. The van der Waals surface area contributed by atoms with Gasteiger partial charge in [0.05, 0.1) is 12.6 Å². The molecule has 0 amide bonds. The molecule has 0 fully saturated rings. The van der Waals surface area contributed by atoms with Gasteiger partial charge in [-0.2, -0.15) is 0 Å². The molecule has 1 heterocycles. The summed E-state index contributed by atoms with van der Waals surface area (Å²) in [7, 11) is 1.63. The summed E-state index contributed by atoms with van der Waals surface area (Å²) in [5.41, 5.74) is 8.80. The van der Waals surface area contributed by atoms with Crippen molar-refractivity contribution >= 4 is 22.4 Å². The summed E-state index contributed by atoms with van der Waals surface area (Å²) in [4.78, 5) is 4.35. The van der Waals surface area contributed by atoms with E-state index in [0.29, 0.717) is 17.1 Å². The maximum Gasteiger partial charge on any atom is 0.133 e. The highest BCUT2D eigenvalue weighted by molar-refractivity contribution is 6.03. The number of aromatic nitrogens is 1. The Morgan fingerprint density at radius 1 is 1.35 bits per heavy atom. The molecule has 0 saturated heterocycles. The van der Waals surface area contributed by atoms with Gasteiger partial charge >= 0.3 is 0 Å². The standard InChI is InChI=1S/C13H15N3O/c1-7-4-10(17-3)5-9-6-11(8(2)14)13(15)16-12(7)9/h4-6,14H,1-3H3,(H2,15,16). The summed E-state index contributed by atoms with van der Waals surface area (Å²) in [6, 6.07) is 5.71. The van der Waals surface area contributed by atoms with Gasteiger partial charge < -0.3 is 15.9 Å². The van der Waals surface area contributed by atoms with Crippen LogP contribution in [0.25, 0.3) is 10.9 Å². The molecule has 0 radical (unpaired) electrons. The van der Waals surface area contributed by atoms with Crippen molar-refractivity contribution in [2.24, 2.45) is 0 Å². The Morgan fingerprint density at radius 3 is 2.65 bits per heavy atom. The molecule has 3 N–H and O–H groups in total. The topological polar surface area (TPSA) is 72.0 Å². The van der Waals surface area contributed by atoms with Crippen LogP contribution in [0, 0.1) is 12.3 Å². The molecule has 0 atom stereocenters. The summed E-state index contributed by atoms with van der Waals surface area (Å²) in [5, 5.41) is 8.59. The van der Waals surface area contributed by atoms with E-state index < -0.39 is 0 Å². The van der Waals surface area contributed by atoms with Crippen LogP contribution >= 0.6 is 0 Å². The number of pyridine rings is 1. The maximum atomic E-state index is 7.65. The van der Waals surface area contributed by atoms with Crippen LogP contribution in [-0.4, -0.2) is 17.8 Å². The zero-order valence-electron chi connectivity index (χ0n) is 10.2. The van der Waals surface area contributed by atoms with Crippen molar-refractivity contribution in [3.05, 3.63) is 29.3 Å². The highest BCUT2D eigenvalue weighted by Crippen LogP contribution is 2.26. The van der Waals surface area contributed by atoms with Gasteiger partial charge in [0.1, 0.15) is 11.6 Å². The van der Waals surface area contributed by atoms with E-state index in [1.165, 1.54) is 0 Å². The number of benzene rings is 1. The summed E-state index contributed by atoms with van der Waals surface area (Å²) < 4.78 is 5.22. The van der Waals surface area contributed by atoms with Crippen molar-refractivity contribution in [2.45, 2.75) is 13.8 Å². The maximum absolute atomic E-state index is 7.65. The Kier molecular flexibility index (Phi) is 2.71. The third-order valence-electron chi connectivity index (χ3n) is 2.75. The first kappa shape index (κ1) is 11.4. The van der Waals surface area contributed by atoms with Crippen LogP contribution < -0.4 is 10.5 Å². The molecule has 0 spiro atoms. The lowest BCUT2D eigenvalue weighted by Crippen LogP contribution is -2.03. The summed E-state index contributed by atoms with van der Waals surface area (Å²) in [6.07, 6.45) is 0. The summed E-state index contributed by atoms with van der Waals surface area (Å²) >= 11 is 0. The lowest BCUT2D eigenvalue weighted by atomic mass is 10.1. The Bertz CT molecular complexity index is 605. The second-order valence-corrected chi connectivity index (χ2v) is 4.06. The molecule has 0 bridgehead atoms. The minimum absolute atomic E-state index is 0.401. The van der Waals surface area contributed by atoms with E-state index in [2.05, 4.69) is 4.98 Å². The number of rotatable bonds is 2. The van der Waals surface area contributed by atoms with Crippen LogP contribution in [0.3, 0.4) is 0 Å². The summed E-state index contributed by atoms with van der Waals surface area (Å²) in [6.45, 7) is 3.67. The number of nitrogens with two attached hydrogens (primary N) is 1. The molecule has 2 aromatic rings. The van der Waals surface area contributed by atoms with Crippen LogP contribution in [0.5, 0.6) is 5.75 Å². The zero-order valence-corrected chi connectivity index (χ0v) is 10.2. The lowest BCUT2D eigenvalue weighted by molar-refractivity contribution is 0.415. The second kappa shape index (κ2) is 4.05. The van der Waals surface area contributed by atoms with Gasteiger partial charge in [-0.1, -0.05) is 0 Å². The smallest absolute Gasteiger partial charge is 0.133 e. The number of fused-ring (bicyclic) bond motifs is 1. The molecular formula is C13H15N3O. The van der Waals surface area contributed by atoms with Gasteiger partial charge in [0.25, 0.3) is 0 Å². The molecular weight excluding hydrogens is 214 g/mol. The zero-order chi connectivity index (χ0) is 12.6. The van der Waals surface area contributed by atoms with Crippen LogP contribution in [0.2, 0.25) is 0 Å². The van der Waals surface area contributed by atoms with Crippen molar-refractivity contribution in [1.82, 2.24) is 4.98 Å². The average molecular weight is 229 g/mol. The molecule has 1 aromatic carbocycles. The predicted octanol–water partition coefficient (Wildman–Crippen LogP) is 2.52. The van der Waals surface area contributed by atoms with Crippen molar-refractivity contribution in [3.8, 4) is 5.75 Å². The first-order chi connectivity index (χ1) is 8.02. The largest absolute Gasteiger partial charge is 0.497 e. The molecule has 0 unspecified atom stereocenters. The number of anilines is 1. The Labute approximate surface area is 99.9 Å². The van der Waals surface area contributed by atoms with E-state index in [4.69, 9.17) is 15.9 Å². The van der Waals surface area contributed by atoms with E-state index in [9.17, 15) is 0 Å². The van der Waals surface area contributed by atoms with Crippen LogP contribution in [-0.2, 0) is 0 Å². The Hall–Kier alpha value is -2.10. The molecule has 2 rings (SSSR count). The highest BCUT2D eigenvalue weighted by atomic mass is 16.5. The monoisotopic (exact) mass is 229 g/mol. The first-order valence-electron chi connectivity index (χ1n) is 5.33. The number of hydrogen-bond donors (Lipinski definition) is 2. The first-order valence-corrected chi connectivity index (χ1v) is 5.33. The average Bonchev–Trinajstić information content (AvgIpc) is 2.28. The normalized spacial score (nSPS) is 10.5. The van der Waals surface area contributed by atoms with E-state index in [1.807, 2.05) is 25.1 Å². The quantitative estimate of drug-likeness (QED) is 0.777. The molecule has 0 saturated carbocycles. The van der Waals surface area contributed by atoms with Crippen molar-refractivity contribution < 1.29 is 4.74 Å². The molecule has 17 heavy (non-hydrogen) atoms. The van der Waals surface area contributed by atoms with Gasteiger partial charge in [0.15, 0.2) is 0 Å². The van der Waals surface area contributed by atoms with E-state index in [-0.39, 0.29) is 0 Å². The molecule has 0 aliphatic rings. The minimum atomic E-state index is 0.401. The molecule has 88 valence electrons. The van der Waals surface area contributed by atoms with Gasteiger partial charge in [-0.3, -0.25) is 0 Å². The van der Waals surface area contributed by atoms with Crippen molar-refractivity contribution in [1.29, 1.82) is 5.41 Å². The Balaban J connectivity index is 2.79. The van der Waals surface area contributed by atoms with E-state index >= 15 is 0 Å². The number of nitrogens with zero attached hydrogens (tertiary/aromatic N) is 1. The predicted molar refractivity (Wildman–Crippen MR) is 69.9 cm³/mol. The van der Waals surface area contributed by atoms with Gasteiger partial charge in [-0.25, -0.2) is 4.98 Å². The van der Waals surface area contributed by atoms with Gasteiger partial charge in [-0.15, -0.1) is 0 Å². The number of nitrogens with one attached hydrogen (secondary N) is 1. The molecule has 1 aromatic heterocycles. The number of ether oxygens (including phenoxy) is 1. The molecule has 4 nitrogen and oxygen atoms in total. The fourth-order valence-corrected chi connectivity index (χ4v) is 1.86. The van der Waals surface area contributed by atoms with Crippen LogP contribution in [0.4, 0.5) is 5.82 Å². The van der Waals surface area contributed by atoms with Crippen molar-refractivity contribution in [2.75, 3.05) is 12.8 Å². The van der Waals surface area contributed by atoms with Crippen LogP contribution in [0.15, 0.2) is 18.2 Å². The minimum Gasteiger partial charge on any atom is -0.497 e. The van der Waals surface area contributed by atoms with Crippen molar-refractivity contribution in [3.63, 3.8) is 0 Å². The van der Waals surface area contributed by atoms with Crippen LogP contribution in [0.1, 0.15) is 18.1 Å². The lowest BCUT2D eigenvalue weighted by Gasteiger charge is -2.09. The Morgan fingerprint density at radius 2 is 2.06 bits per heavy atom. The third-order valence-corrected chi connectivity index (χ3v) is 2.75. The van der Waals surface area contributed by atoms with Gasteiger partial charge in [0, 0.05) is 16.7 Å². The number of hydrogen-bond acceptors (Lipinski definition) is 4. The van der Waals surface area contributed by atoms with E-state index in [0.717, 1.165) is 22.2 Å². The molecule has 0 aliphatic carbocycles. The van der Waals surface area contributed by atoms with E-state index in [1.54, 1.807) is 14.0 Å². The molecule has 4 heteroatoms. The highest BCUT2D eigenvalue weighted by Gasteiger charge is 2.09. The second-order valence-electron chi connectivity index (χ2n) is 4.06. The summed E-state index contributed by atoms with van der Waals surface area (Å²) in [5.74, 6) is 1.19. The number of methoxy groups -OCH3 is 1. The third kappa shape index (κ3) is 1.93.